The van der Waals surface area contributed by atoms with Crippen molar-refractivity contribution in [3.8, 4) is 11.4 Å². The number of aliphatic hydroxyl groups is 1. The standard InChI is InChI=1S/C19H20N2O3/c22-18(14-23-13-16-6-2-1-3-7-16)15-24-19-9-4-8-17(12-19)21-11-5-10-20-21/h1-12,18,22H,13-15H2. The van der Waals surface area contributed by atoms with Gasteiger partial charge in [0.25, 0.3) is 0 Å². The number of aromatic nitrogens is 2. The van der Waals surface area contributed by atoms with Gasteiger partial charge in [-0.05, 0) is 23.8 Å². The molecule has 124 valence electrons. The van der Waals surface area contributed by atoms with Gasteiger partial charge in [-0.1, -0.05) is 36.4 Å². The quantitative estimate of drug-likeness (QED) is 0.692. The van der Waals surface area contributed by atoms with Crippen molar-refractivity contribution in [2.75, 3.05) is 13.2 Å². The summed E-state index contributed by atoms with van der Waals surface area (Å²) >= 11 is 0. The van der Waals surface area contributed by atoms with Crippen LogP contribution in [-0.4, -0.2) is 34.2 Å². The summed E-state index contributed by atoms with van der Waals surface area (Å²) in [4.78, 5) is 0. The lowest BCUT2D eigenvalue weighted by atomic mass is 10.2. The van der Waals surface area contributed by atoms with Crippen molar-refractivity contribution in [3.05, 3.63) is 78.6 Å². The smallest absolute Gasteiger partial charge is 0.121 e. The number of rotatable bonds is 8. The molecule has 0 spiro atoms. The summed E-state index contributed by atoms with van der Waals surface area (Å²) < 4.78 is 12.9. The molecule has 5 heteroatoms. The Morgan fingerprint density at radius 1 is 1.00 bits per heavy atom. The predicted molar refractivity (Wildman–Crippen MR) is 91.2 cm³/mol. The average Bonchev–Trinajstić information content (AvgIpc) is 3.16. The van der Waals surface area contributed by atoms with Crippen molar-refractivity contribution < 1.29 is 14.6 Å². The van der Waals surface area contributed by atoms with Gasteiger partial charge in [-0.15, -0.1) is 0 Å². The van der Waals surface area contributed by atoms with Crippen LogP contribution in [0, 0.1) is 0 Å². The van der Waals surface area contributed by atoms with E-state index in [4.69, 9.17) is 9.47 Å². The average molecular weight is 324 g/mol. The molecule has 1 aromatic heterocycles. The minimum atomic E-state index is -0.679. The van der Waals surface area contributed by atoms with Crippen molar-refractivity contribution in [2.24, 2.45) is 0 Å². The lowest BCUT2D eigenvalue weighted by Crippen LogP contribution is -2.23. The molecule has 0 radical (unpaired) electrons. The van der Waals surface area contributed by atoms with Crippen molar-refractivity contribution in [1.82, 2.24) is 9.78 Å². The zero-order valence-corrected chi connectivity index (χ0v) is 13.3. The maximum absolute atomic E-state index is 9.97. The second-order valence-corrected chi connectivity index (χ2v) is 5.41. The Labute approximate surface area is 141 Å². The van der Waals surface area contributed by atoms with Crippen LogP contribution >= 0.6 is 0 Å². The Kier molecular flexibility index (Phi) is 5.61. The normalized spacial score (nSPS) is 12.0. The molecule has 1 unspecified atom stereocenters. The number of hydrogen-bond acceptors (Lipinski definition) is 4. The van der Waals surface area contributed by atoms with E-state index < -0.39 is 6.10 Å². The highest BCUT2D eigenvalue weighted by atomic mass is 16.5. The molecule has 3 rings (SSSR count). The highest BCUT2D eigenvalue weighted by Crippen LogP contribution is 2.16. The maximum atomic E-state index is 9.97. The van der Waals surface area contributed by atoms with Crippen LogP contribution in [0.3, 0.4) is 0 Å². The van der Waals surface area contributed by atoms with Gasteiger partial charge in [-0.25, -0.2) is 4.68 Å². The van der Waals surface area contributed by atoms with Crippen LogP contribution in [0.5, 0.6) is 5.75 Å². The van der Waals surface area contributed by atoms with Crippen LogP contribution < -0.4 is 4.74 Å². The van der Waals surface area contributed by atoms with Crippen LogP contribution in [0.25, 0.3) is 5.69 Å². The van der Waals surface area contributed by atoms with Gasteiger partial charge in [-0.3, -0.25) is 0 Å². The van der Waals surface area contributed by atoms with Crippen molar-refractivity contribution in [2.45, 2.75) is 12.7 Å². The highest BCUT2D eigenvalue weighted by molar-refractivity contribution is 5.38. The molecular formula is C19H20N2O3. The van der Waals surface area contributed by atoms with Crippen LogP contribution in [0.15, 0.2) is 73.1 Å². The Morgan fingerprint density at radius 3 is 2.67 bits per heavy atom. The Balaban J connectivity index is 1.44. The van der Waals surface area contributed by atoms with E-state index in [1.165, 1.54) is 0 Å². The molecule has 1 N–H and O–H groups in total. The molecule has 0 aliphatic heterocycles. The molecule has 0 saturated heterocycles. The Hall–Kier alpha value is -2.63. The van der Waals surface area contributed by atoms with E-state index in [9.17, 15) is 5.11 Å². The summed E-state index contributed by atoms with van der Waals surface area (Å²) in [6.07, 6.45) is 2.91. The fourth-order valence-corrected chi connectivity index (χ4v) is 2.26. The van der Waals surface area contributed by atoms with E-state index in [1.54, 1.807) is 10.9 Å². The highest BCUT2D eigenvalue weighted by Gasteiger charge is 2.07. The number of aliphatic hydroxyl groups excluding tert-OH is 1. The Bertz CT molecular complexity index is 729. The molecule has 0 bridgehead atoms. The van der Waals surface area contributed by atoms with Gasteiger partial charge in [0, 0.05) is 18.5 Å². The van der Waals surface area contributed by atoms with Crippen LogP contribution in [0.1, 0.15) is 5.56 Å². The van der Waals surface area contributed by atoms with Gasteiger partial charge in [-0.2, -0.15) is 5.10 Å². The third kappa shape index (κ3) is 4.68. The Morgan fingerprint density at radius 2 is 1.88 bits per heavy atom. The molecule has 0 aliphatic carbocycles. The SMILES string of the molecule is OC(COCc1ccccc1)COc1cccc(-n2cccn2)c1. The van der Waals surface area contributed by atoms with Gasteiger partial charge in [0.2, 0.25) is 0 Å². The molecule has 2 aromatic carbocycles. The zero-order chi connectivity index (χ0) is 16.6. The molecule has 1 atom stereocenters. The number of nitrogens with zero attached hydrogens (tertiary/aromatic N) is 2. The first-order valence-electron chi connectivity index (χ1n) is 7.84. The largest absolute Gasteiger partial charge is 0.491 e. The summed E-state index contributed by atoms with van der Waals surface area (Å²) in [5, 5.41) is 14.2. The maximum Gasteiger partial charge on any atom is 0.121 e. The molecule has 5 nitrogen and oxygen atoms in total. The summed E-state index contributed by atoms with van der Waals surface area (Å²) in [5.74, 6) is 0.685. The summed E-state index contributed by atoms with van der Waals surface area (Å²) in [7, 11) is 0. The van der Waals surface area contributed by atoms with Crippen LogP contribution in [0.2, 0.25) is 0 Å². The minimum absolute atomic E-state index is 0.178. The van der Waals surface area contributed by atoms with Gasteiger partial charge in [0.15, 0.2) is 0 Å². The molecular weight excluding hydrogens is 304 g/mol. The zero-order valence-electron chi connectivity index (χ0n) is 13.3. The summed E-state index contributed by atoms with van der Waals surface area (Å²) in [5.41, 5.74) is 1.99. The molecule has 3 aromatic rings. The molecule has 1 heterocycles. The summed E-state index contributed by atoms with van der Waals surface area (Å²) in [6, 6.07) is 19.3. The number of benzene rings is 2. The van der Waals surface area contributed by atoms with Crippen molar-refractivity contribution >= 4 is 0 Å². The fourth-order valence-electron chi connectivity index (χ4n) is 2.26. The first-order chi connectivity index (χ1) is 11.8. The topological polar surface area (TPSA) is 56.5 Å². The van der Waals surface area contributed by atoms with Crippen LogP contribution in [-0.2, 0) is 11.3 Å². The van der Waals surface area contributed by atoms with E-state index in [1.807, 2.05) is 66.9 Å². The molecule has 0 fully saturated rings. The fraction of sp³-hybridized carbons (Fsp3) is 0.211. The number of hydrogen-bond donors (Lipinski definition) is 1. The van der Waals surface area contributed by atoms with Gasteiger partial charge < -0.3 is 14.6 Å². The lowest BCUT2D eigenvalue weighted by molar-refractivity contribution is 0.00549. The lowest BCUT2D eigenvalue weighted by Gasteiger charge is -2.13. The third-order valence-corrected chi connectivity index (χ3v) is 3.45. The molecule has 0 aliphatic rings. The van der Waals surface area contributed by atoms with E-state index in [-0.39, 0.29) is 13.2 Å². The van der Waals surface area contributed by atoms with Gasteiger partial charge >= 0.3 is 0 Å². The van der Waals surface area contributed by atoms with Crippen molar-refractivity contribution in [1.29, 1.82) is 0 Å². The van der Waals surface area contributed by atoms with Crippen LogP contribution in [0.4, 0.5) is 0 Å². The molecule has 24 heavy (non-hydrogen) atoms. The monoisotopic (exact) mass is 324 g/mol. The number of ether oxygens (including phenoxy) is 2. The van der Waals surface area contributed by atoms with E-state index >= 15 is 0 Å². The minimum Gasteiger partial charge on any atom is -0.491 e. The summed E-state index contributed by atoms with van der Waals surface area (Å²) in [6.45, 7) is 0.887. The van der Waals surface area contributed by atoms with Gasteiger partial charge in [0.05, 0.1) is 18.9 Å². The predicted octanol–water partition coefficient (Wildman–Crippen LogP) is 2.83. The second kappa shape index (κ2) is 8.29. The second-order valence-electron chi connectivity index (χ2n) is 5.41. The molecule has 0 saturated carbocycles. The third-order valence-electron chi connectivity index (χ3n) is 3.45. The van der Waals surface area contributed by atoms with Crippen molar-refractivity contribution in [3.63, 3.8) is 0 Å². The van der Waals surface area contributed by atoms with E-state index in [0.717, 1.165) is 11.3 Å². The molecule has 0 amide bonds. The van der Waals surface area contributed by atoms with Gasteiger partial charge in [0.1, 0.15) is 18.5 Å². The first-order valence-corrected chi connectivity index (χ1v) is 7.84. The van der Waals surface area contributed by atoms with E-state index in [2.05, 4.69) is 5.10 Å². The first kappa shape index (κ1) is 16.2. The van der Waals surface area contributed by atoms with E-state index in [0.29, 0.717) is 12.4 Å².